The van der Waals surface area contributed by atoms with Gasteiger partial charge in [-0.25, -0.2) is 0 Å². The van der Waals surface area contributed by atoms with E-state index < -0.39 is 18.2 Å². The lowest BCUT2D eigenvalue weighted by molar-refractivity contribution is -0.159. The van der Waals surface area contributed by atoms with Gasteiger partial charge in [0, 0.05) is 17.7 Å². The number of nitrogens with zero attached hydrogens (tertiary/aromatic N) is 2. The fourth-order valence-electron chi connectivity index (χ4n) is 2.29. The van der Waals surface area contributed by atoms with Crippen LogP contribution in [0.25, 0.3) is 11.4 Å². The molecule has 0 spiro atoms. The summed E-state index contributed by atoms with van der Waals surface area (Å²) in [6.45, 7) is 3.93. The smallest absolute Gasteiger partial charge is 0.393 e. The second kappa shape index (κ2) is 7.64. The Morgan fingerprint density at radius 2 is 2.08 bits per heavy atom. The van der Waals surface area contributed by atoms with Crippen LogP contribution in [-0.4, -0.2) is 33.8 Å². The standard InChI is InChI=1S/C16H18F3N3O3/c1-9(6-10(2)23)8-20-14(24)12-5-3-4-11(7-12)13-21-15(25-22-13)16(17,18)19/h3-5,7,9-10,23H,6,8H2,1-2H3,(H,20,24)/t9-,10-/m1/s1. The van der Waals surface area contributed by atoms with Crippen LogP contribution in [-0.2, 0) is 6.18 Å². The number of carbonyl (C=O) groups excluding carboxylic acids is 1. The van der Waals surface area contributed by atoms with Crippen molar-refractivity contribution in [2.45, 2.75) is 32.5 Å². The lowest BCUT2D eigenvalue weighted by atomic mass is 10.0. The highest BCUT2D eigenvalue weighted by Crippen LogP contribution is 2.29. The topological polar surface area (TPSA) is 88.3 Å². The van der Waals surface area contributed by atoms with E-state index in [0.29, 0.717) is 13.0 Å². The summed E-state index contributed by atoms with van der Waals surface area (Å²) in [5.74, 6) is -1.98. The zero-order valence-corrected chi connectivity index (χ0v) is 13.7. The van der Waals surface area contributed by atoms with Crippen molar-refractivity contribution in [2.24, 2.45) is 5.92 Å². The van der Waals surface area contributed by atoms with Gasteiger partial charge in [0.2, 0.25) is 5.82 Å². The van der Waals surface area contributed by atoms with Crippen LogP contribution >= 0.6 is 0 Å². The molecule has 0 aliphatic carbocycles. The summed E-state index contributed by atoms with van der Waals surface area (Å²) in [5.41, 5.74) is 0.504. The van der Waals surface area contributed by atoms with Crippen molar-refractivity contribution >= 4 is 5.91 Å². The van der Waals surface area contributed by atoms with Crippen molar-refractivity contribution in [3.8, 4) is 11.4 Å². The number of aromatic nitrogens is 2. The maximum absolute atomic E-state index is 12.5. The van der Waals surface area contributed by atoms with Crippen molar-refractivity contribution < 1.29 is 27.6 Å². The zero-order valence-electron chi connectivity index (χ0n) is 13.7. The first-order valence-electron chi connectivity index (χ1n) is 7.64. The van der Waals surface area contributed by atoms with Crippen LogP contribution in [0.15, 0.2) is 28.8 Å². The summed E-state index contributed by atoms with van der Waals surface area (Å²) in [6.07, 6.45) is -4.64. The lowest BCUT2D eigenvalue weighted by Crippen LogP contribution is -2.29. The molecule has 9 heteroatoms. The fourth-order valence-corrected chi connectivity index (χ4v) is 2.29. The van der Waals surface area contributed by atoms with Crippen LogP contribution in [0.2, 0.25) is 0 Å². The highest BCUT2D eigenvalue weighted by atomic mass is 19.4. The molecule has 25 heavy (non-hydrogen) atoms. The normalized spacial score (nSPS) is 14.2. The molecular weight excluding hydrogens is 339 g/mol. The summed E-state index contributed by atoms with van der Waals surface area (Å²) in [7, 11) is 0. The van der Waals surface area contributed by atoms with Crippen LogP contribution in [0.5, 0.6) is 0 Å². The monoisotopic (exact) mass is 357 g/mol. The lowest BCUT2D eigenvalue weighted by Gasteiger charge is -2.14. The number of halogens is 3. The molecule has 1 aromatic heterocycles. The van der Waals surface area contributed by atoms with E-state index in [2.05, 4.69) is 20.0 Å². The average Bonchev–Trinajstić information content (AvgIpc) is 3.02. The number of carbonyl (C=O) groups is 1. The van der Waals surface area contributed by atoms with Crippen molar-refractivity contribution in [1.29, 1.82) is 0 Å². The summed E-state index contributed by atoms with van der Waals surface area (Å²) in [6, 6.07) is 5.92. The number of rotatable bonds is 6. The number of aliphatic hydroxyl groups excluding tert-OH is 1. The van der Waals surface area contributed by atoms with Crippen molar-refractivity contribution in [1.82, 2.24) is 15.5 Å². The molecule has 1 amide bonds. The minimum atomic E-state index is -4.72. The molecule has 0 aliphatic heterocycles. The summed E-state index contributed by atoms with van der Waals surface area (Å²) >= 11 is 0. The van der Waals surface area contributed by atoms with E-state index in [1.54, 1.807) is 6.92 Å². The van der Waals surface area contributed by atoms with Crippen LogP contribution in [0.4, 0.5) is 13.2 Å². The highest BCUT2D eigenvalue weighted by molar-refractivity contribution is 5.95. The molecule has 2 atom stereocenters. The Hall–Kier alpha value is -2.42. The van der Waals surface area contributed by atoms with E-state index in [1.807, 2.05) is 6.92 Å². The first-order chi connectivity index (χ1) is 11.7. The number of nitrogens with one attached hydrogen (secondary N) is 1. The quantitative estimate of drug-likeness (QED) is 0.830. The molecule has 1 heterocycles. The SMILES string of the molecule is C[C@@H](CNC(=O)c1cccc(-c2noc(C(F)(F)F)n2)c1)C[C@@H](C)O. The fraction of sp³-hybridized carbons (Fsp3) is 0.438. The minimum Gasteiger partial charge on any atom is -0.393 e. The molecule has 0 unspecified atom stereocenters. The van der Waals surface area contributed by atoms with Gasteiger partial charge in [0.1, 0.15) is 0 Å². The van der Waals surface area contributed by atoms with Gasteiger partial charge in [-0.3, -0.25) is 4.79 Å². The van der Waals surface area contributed by atoms with E-state index in [4.69, 9.17) is 0 Å². The summed E-state index contributed by atoms with van der Waals surface area (Å²) < 4.78 is 41.7. The third-order valence-electron chi connectivity index (χ3n) is 3.41. The molecular formula is C16H18F3N3O3. The first kappa shape index (κ1) is 18.9. The third-order valence-corrected chi connectivity index (χ3v) is 3.41. The van der Waals surface area contributed by atoms with Crippen molar-refractivity contribution in [3.63, 3.8) is 0 Å². The Bertz CT molecular complexity index is 729. The molecule has 136 valence electrons. The van der Waals surface area contributed by atoms with E-state index >= 15 is 0 Å². The molecule has 2 aromatic rings. The molecule has 2 rings (SSSR count). The number of alkyl halides is 3. The van der Waals surface area contributed by atoms with E-state index in [9.17, 15) is 23.1 Å². The summed E-state index contributed by atoms with van der Waals surface area (Å²) in [5, 5.41) is 15.3. The number of amides is 1. The molecule has 6 nitrogen and oxygen atoms in total. The van der Waals surface area contributed by atoms with Crippen molar-refractivity contribution in [3.05, 3.63) is 35.7 Å². The molecule has 0 saturated carbocycles. The van der Waals surface area contributed by atoms with Gasteiger partial charge >= 0.3 is 12.1 Å². The Balaban J connectivity index is 2.08. The number of hydrogen-bond donors (Lipinski definition) is 2. The Morgan fingerprint density at radius 1 is 1.36 bits per heavy atom. The van der Waals surface area contributed by atoms with Gasteiger partial charge < -0.3 is 14.9 Å². The predicted molar refractivity (Wildman–Crippen MR) is 82.5 cm³/mol. The Labute approximate surface area is 142 Å². The molecule has 0 aliphatic rings. The van der Waals surface area contributed by atoms with Crippen LogP contribution in [0.1, 0.15) is 36.5 Å². The van der Waals surface area contributed by atoms with Gasteiger partial charge in [-0.15, -0.1) is 0 Å². The number of hydrogen-bond acceptors (Lipinski definition) is 5. The number of aliphatic hydroxyl groups is 1. The number of benzene rings is 1. The summed E-state index contributed by atoms with van der Waals surface area (Å²) in [4.78, 5) is 15.5. The van der Waals surface area contributed by atoms with E-state index in [-0.39, 0.29) is 28.8 Å². The first-order valence-corrected chi connectivity index (χ1v) is 7.64. The van der Waals surface area contributed by atoms with E-state index in [1.165, 1.54) is 24.3 Å². The van der Waals surface area contributed by atoms with Crippen LogP contribution < -0.4 is 5.32 Å². The van der Waals surface area contributed by atoms with Gasteiger partial charge in [0.15, 0.2) is 0 Å². The average molecular weight is 357 g/mol. The molecule has 0 radical (unpaired) electrons. The third kappa shape index (κ3) is 5.28. The molecule has 2 N–H and O–H groups in total. The Morgan fingerprint density at radius 3 is 2.68 bits per heavy atom. The highest BCUT2D eigenvalue weighted by Gasteiger charge is 2.38. The van der Waals surface area contributed by atoms with Gasteiger partial charge in [-0.1, -0.05) is 24.2 Å². The predicted octanol–water partition coefficient (Wildman–Crippen LogP) is 2.89. The van der Waals surface area contributed by atoms with E-state index in [0.717, 1.165) is 0 Å². The second-order valence-electron chi connectivity index (χ2n) is 5.90. The van der Waals surface area contributed by atoms with Gasteiger partial charge in [0.05, 0.1) is 6.10 Å². The molecule has 0 fully saturated rings. The molecule has 1 aromatic carbocycles. The van der Waals surface area contributed by atoms with Crippen LogP contribution in [0, 0.1) is 5.92 Å². The van der Waals surface area contributed by atoms with Gasteiger partial charge in [-0.05, 0) is 31.4 Å². The minimum absolute atomic E-state index is 0.0821. The maximum Gasteiger partial charge on any atom is 0.471 e. The van der Waals surface area contributed by atoms with Gasteiger partial charge in [-0.2, -0.15) is 18.2 Å². The molecule has 0 saturated heterocycles. The largest absolute Gasteiger partial charge is 0.471 e. The van der Waals surface area contributed by atoms with Gasteiger partial charge in [0.25, 0.3) is 5.91 Å². The maximum atomic E-state index is 12.5. The van der Waals surface area contributed by atoms with Crippen molar-refractivity contribution in [2.75, 3.05) is 6.54 Å². The Kier molecular flexibility index (Phi) is 5.78. The zero-order chi connectivity index (χ0) is 18.6. The molecule has 0 bridgehead atoms. The van der Waals surface area contributed by atoms with Crippen LogP contribution in [0.3, 0.4) is 0 Å². The second-order valence-corrected chi connectivity index (χ2v) is 5.90.